The number of nitrogens with one attached hydrogen (secondary N) is 1. The third-order valence-electron chi connectivity index (χ3n) is 12.1. The number of nitrogens with zero attached hydrogens (tertiary/aromatic N) is 2. The SMILES string of the molecule is C.CCO.Nc1cccc2cccc(N)c12.O=Cc1ccc(-c2ccc(C=O)cc2)cc1.c1cc2c3c(cccc3c1)N=C(c1ccc(-c3ccc(C4=Nc5cccc6cccc(c56)N4)cc3)cc1)C2. The van der Waals surface area contributed by atoms with Crippen molar-refractivity contribution in [3.63, 3.8) is 0 Å². The van der Waals surface area contributed by atoms with Gasteiger partial charge in [-0.2, -0.15) is 0 Å². The molecule has 8 heteroatoms. The lowest BCUT2D eigenvalue weighted by Crippen LogP contribution is -2.16. The third kappa shape index (κ3) is 10.3. The first-order chi connectivity index (χ1) is 33.8. The van der Waals surface area contributed by atoms with Crippen molar-refractivity contribution in [2.75, 3.05) is 23.4 Å². The molecule has 0 atom stereocenters. The fourth-order valence-corrected chi connectivity index (χ4v) is 8.68. The van der Waals surface area contributed by atoms with Gasteiger partial charge in [-0.3, -0.25) is 14.6 Å². The Morgan fingerprint density at radius 3 is 1.34 bits per heavy atom. The van der Waals surface area contributed by atoms with Crippen LogP contribution < -0.4 is 16.8 Å². The molecule has 12 rings (SSSR count). The van der Waals surface area contributed by atoms with Crippen LogP contribution in [0.4, 0.5) is 28.4 Å². The van der Waals surface area contributed by atoms with Crippen LogP contribution in [-0.2, 0) is 6.42 Å². The highest BCUT2D eigenvalue weighted by Gasteiger charge is 2.18. The molecule has 0 amide bonds. The Morgan fingerprint density at radius 1 is 0.471 bits per heavy atom. The second-order valence-corrected chi connectivity index (χ2v) is 16.5. The van der Waals surface area contributed by atoms with E-state index in [1.54, 1.807) is 31.2 Å². The number of hydrogen-bond donors (Lipinski definition) is 4. The van der Waals surface area contributed by atoms with Gasteiger partial charge in [0.15, 0.2) is 0 Å². The van der Waals surface area contributed by atoms with Gasteiger partial charge >= 0.3 is 0 Å². The Bertz CT molecular complexity index is 3290. The van der Waals surface area contributed by atoms with Gasteiger partial charge < -0.3 is 21.9 Å². The summed E-state index contributed by atoms with van der Waals surface area (Å²) in [5.74, 6) is 0.878. The summed E-state index contributed by atoms with van der Waals surface area (Å²) in [6.07, 6.45) is 2.49. The van der Waals surface area contributed by atoms with Gasteiger partial charge in [0.05, 0.1) is 17.1 Å². The number of rotatable bonds is 6. The van der Waals surface area contributed by atoms with Crippen molar-refractivity contribution in [1.29, 1.82) is 0 Å². The van der Waals surface area contributed by atoms with Crippen molar-refractivity contribution in [3.8, 4) is 22.3 Å². The van der Waals surface area contributed by atoms with Crippen molar-refractivity contribution in [3.05, 3.63) is 234 Å². The summed E-state index contributed by atoms with van der Waals surface area (Å²) in [4.78, 5) is 30.9. The van der Waals surface area contributed by atoms with Gasteiger partial charge in [-0.1, -0.05) is 183 Å². The summed E-state index contributed by atoms with van der Waals surface area (Å²) >= 11 is 0. The zero-order valence-corrected chi connectivity index (χ0v) is 38.0. The van der Waals surface area contributed by atoms with E-state index in [2.05, 4.69) is 127 Å². The van der Waals surface area contributed by atoms with Crippen LogP contribution >= 0.6 is 0 Å². The highest BCUT2D eigenvalue weighted by atomic mass is 16.2. The van der Waals surface area contributed by atoms with Crippen LogP contribution in [0.3, 0.4) is 0 Å². The minimum Gasteiger partial charge on any atom is -0.398 e. The number of amidine groups is 1. The van der Waals surface area contributed by atoms with Crippen LogP contribution in [0.25, 0.3) is 54.6 Å². The van der Waals surface area contributed by atoms with E-state index < -0.39 is 0 Å². The predicted molar refractivity (Wildman–Crippen MR) is 294 cm³/mol. The van der Waals surface area contributed by atoms with E-state index in [9.17, 15) is 9.59 Å². The maximum atomic E-state index is 10.5. The molecule has 0 aliphatic carbocycles. The lowest BCUT2D eigenvalue weighted by atomic mass is 9.92. The first-order valence-corrected chi connectivity index (χ1v) is 22.8. The highest BCUT2D eigenvalue weighted by Crippen LogP contribution is 2.37. The first kappa shape index (κ1) is 47.5. The Morgan fingerprint density at radius 2 is 0.857 bits per heavy atom. The number of aliphatic hydroxyl groups is 1. The predicted octanol–water partition coefficient (Wildman–Crippen LogP) is 14.5. The number of nitrogens with two attached hydrogens (primary N) is 2. The average Bonchev–Trinajstić information content (AvgIpc) is 3.40. The number of aliphatic imine (C=N–C) groups is 2. The number of aldehydes is 2. The smallest absolute Gasteiger partial charge is 0.150 e. The van der Waals surface area contributed by atoms with Crippen molar-refractivity contribution in [2.24, 2.45) is 9.98 Å². The number of benzene rings is 10. The second-order valence-electron chi connectivity index (χ2n) is 16.5. The average molecular weight is 916 g/mol. The van der Waals surface area contributed by atoms with Crippen LogP contribution in [0.15, 0.2) is 216 Å². The van der Waals surface area contributed by atoms with E-state index in [4.69, 9.17) is 26.6 Å². The molecule has 2 heterocycles. The molecule has 10 aromatic carbocycles. The molecule has 70 heavy (non-hydrogen) atoms. The Kier molecular flexibility index (Phi) is 14.8. The van der Waals surface area contributed by atoms with Crippen LogP contribution in [0.5, 0.6) is 0 Å². The second kappa shape index (κ2) is 21.8. The van der Waals surface area contributed by atoms with Crippen molar-refractivity contribution >= 4 is 84.9 Å². The number of hydrogen-bond acceptors (Lipinski definition) is 8. The summed E-state index contributed by atoms with van der Waals surface area (Å²) in [5, 5.41) is 18.1. The fourth-order valence-electron chi connectivity index (χ4n) is 8.68. The summed E-state index contributed by atoms with van der Waals surface area (Å²) in [6.45, 7) is 1.93. The molecule has 0 unspecified atom stereocenters. The molecule has 2 aliphatic heterocycles. The van der Waals surface area contributed by atoms with E-state index in [1.807, 2.05) is 60.7 Å². The van der Waals surface area contributed by atoms with Gasteiger partial charge in [-0.15, -0.1) is 0 Å². The summed E-state index contributed by atoms with van der Waals surface area (Å²) in [7, 11) is 0. The van der Waals surface area contributed by atoms with Gasteiger partial charge in [-0.25, -0.2) is 4.99 Å². The number of carbonyl (C=O) groups is 2. The number of anilines is 3. The van der Waals surface area contributed by atoms with Crippen LogP contribution in [-0.4, -0.2) is 35.8 Å². The fraction of sp³-hybridized carbons (Fsp3) is 0.0645. The van der Waals surface area contributed by atoms with Crippen molar-refractivity contribution in [1.82, 2.24) is 0 Å². The molecular formula is C62H53N5O3. The van der Waals surface area contributed by atoms with E-state index in [0.29, 0.717) is 11.1 Å². The van der Waals surface area contributed by atoms with Gasteiger partial charge in [0.25, 0.3) is 0 Å². The van der Waals surface area contributed by atoms with E-state index in [1.165, 1.54) is 43.8 Å². The van der Waals surface area contributed by atoms with E-state index >= 15 is 0 Å². The molecule has 0 saturated heterocycles. The molecule has 2 aliphatic rings. The van der Waals surface area contributed by atoms with Crippen LogP contribution in [0.1, 0.15) is 51.8 Å². The normalized spacial score (nSPS) is 11.7. The minimum atomic E-state index is 0. The number of carbonyl (C=O) groups excluding carboxylic acids is 2. The molecule has 6 N–H and O–H groups in total. The Hall–Kier alpha value is -8.98. The van der Waals surface area contributed by atoms with E-state index in [0.717, 1.165) is 86.4 Å². The quantitative estimate of drug-likeness (QED) is 0.0966. The van der Waals surface area contributed by atoms with Crippen LogP contribution in [0.2, 0.25) is 0 Å². The third-order valence-corrected chi connectivity index (χ3v) is 12.1. The largest absolute Gasteiger partial charge is 0.398 e. The lowest BCUT2D eigenvalue weighted by Gasteiger charge is -2.19. The Labute approximate surface area is 408 Å². The molecule has 344 valence electrons. The summed E-state index contributed by atoms with van der Waals surface area (Å²) < 4.78 is 0. The number of nitrogen functional groups attached to an aromatic ring is 2. The van der Waals surface area contributed by atoms with Crippen molar-refractivity contribution in [2.45, 2.75) is 20.8 Å². The number of aliphatic hydroxyl groups excluding tert-OH is 1. The molecule has 0 spiro atoms. The first-order valence-electron chi connectivity index (χ1n) is 22.8. The van der Waals surface area contributed by atoms with E-state index in [-0.39, 0.29) is 14.0 Å². The maximum Gasteiger partial charge on any atom is 0.150 e. The lowest BCUT2D eigenvalue weighted by molar-refractivity contribution is 0.111. The zero-order chi connectivity index (χ0) is 47.7. The van der Waals surface area contributed by atoms with Crippen molar-refractivity contribution < 1.29 is 14.7 Å². The molecule has 0 radical (unpaired) electrons. The monoisotopic (exact) mass is 915 g/mol. The molecular weight excluding hydrogens is 863 g/mol. The Balaban J connectivity index is 0.000000169. The molecule has 8 nitrogen and oxygen atoms in total. The van der Waals surface area contributed by atoms with Crippen LogP contribution in [0, 0.1) is 0 Å². The molecule has 0 aromatic heterocycles. The highest BCUT2D eigenvalue weighted by molar-refractivity contribution is 6.19. The topological polar surface area (TPSA) is 143 Å². The van der Waals surface area contributed by atoms with Gasteiger partial charge in [0, 0.05) is 62.9 Å². The minimum absolute atomic E-state index is 0. The summed E-state index contributed by atoms with van der Waals surface area (Å²) in [6, 6.07) is 69.2. The zero-order valence-electron chi connectivity index (χ0n) is 38.0. The maximum absolute atomic E-state index is 10.5. The molecule has 0 fully saturated rings. The molecule has 0 saturated carbocycles. The van der Waals surface area contributed by atoms with Gasteiger partial charge in [-0.05, 0) is 86.8 Å². The molecule has 10 aromatic rings. The molecule has 0 bridgehead atoms. The standard InChI is InChI=1S/C35H23N3.C14H10O2.C10H10N2.C2H6O.CH4/c1-5-25-6-2-10-29-33(25)28(9-1)21-32(36-29)24-17-13-22(14-18-24)23-15-19-27(20-16-23)35-37-30-11-3-7-26-8-4-12-31(38-35)34(26)30;15-9-11-1-5-13(6-2-11)14-7-3-12(10-16)4-8-14;11-8-5-1-3-7-4-2-6-9(12)10(7)8;1-2-3;/h1-20H,21H2,(H,37,38);1-10H;1-6H,11-12H2;3H,2H2,1H3;1H4. The summed E-state index contributed by atoms with van der Waals surface area (Å²) in [5.41, 5.74) is 26.7. The van der Waals surface area contributed by atoms with Gasteiger partial charge in [0.1, 0.15) is 18.4 Å². The number of fused-ring (bicyclic) bond motifs is 1. The van der Waals surface area contributed by atoms with Gasteiger partial charge in [0.2, 0.25) is 0 Å².